The van der Waals surface area contributed by atoms with Crippen LogP contribution in [0.3, 0.4) is 0 Å². The molecule has 3 rings (SSSR count). The van der Waals surface area contributed by atoms with Gasteiger partial charge in [-0.3, -0.25) is 14.2 Å². The third kappa shape index (κ3) is 6.38. The lowest BCUT2D eigenvalue weighted by molar-refractivity contribution is -0.115. The van der Waals surface area contributed by atoms with Crippen LogP contribution in [-0.4, -0.2) is 30.6 Å². The number of nitriles is 2. The summed E-state index contributed by atoms with van der Waals surface area (Å²) < 4.78 is 2.02. The van der Waals surface area contributed by atoms with Crippen LogP contribution >= 0.6 is 11.3 Å². The fourth-order valence-corrected chi connectivity index (χ4v) is 4.56. The van der Waals surface area contributed by atoms with E-state index in [4.69, 9.17) is 5.26 Å². The quantitative estimate of drug-likeness (QED) is 0.446. The van der Waals surface area contributed by atoms with Gasteiger partial charge in [-0.15, -0.1) is 11.3 Å². The molecule has 8 nitrogen and oxygen atoms in total. The minimum atomic E-state index is -0.676. The number of hydrogen-bond donors (Lipinski definition) is 2. The number of nitrogens with one attached hydrogen (secondary N) is 2. The molecule has 35 heavy (non-hydrogen) atoms. The number of carbonyl (C=O) groups is 1. The molecule has 3 aromatic rings. The first-order chi connectivity index (χ1) is 17.0. The minimum Gasteiger partial charge on any atom is -0.374 e. The summed E-state index contributed by atoms with van der Waals surface area (Å²) in [5, 5.41) is 23.7. The maximum absolute atomic E-state index is 12.9. The molecule has 0 spiro atoms. The van der Waals surface area contributed by atoms with E-state index in [2.05, 4.69) is 40.8 Å². The second-order valence-corrected chi connectivity index (χ2v) is 8.68. The fraction of sp³-hybridized carbons (Fsp3) is 0.231. The Hall–Kier alpha value is -4.34. The van der Waals surface area contributed by atoms with Gasteiger partial charge in [0.2, 0.25) is 0 Å². The molecule has 0 saturated heterocycles. The molecule has 0 bridgehead atoms. The van der Waals surface area contributed by atoms with Gasteiger partial charge < -0.3 is 15.5 Å². The highest BCUT2D eigenvalue weighted by atomic mass is 32.1. The summed E-state index contributed by atoms with van der Waals surface area (Å²) >= 11 is 1.06. The molecule has 2 aromatic carbocycles. The lowest BCUT2D eigenvalue weighted by Crippen LogP contribution is -2.34. The van der Waals surface area contributed by atoms with Gasteiger partial charge in [0.05, 0.1) is 6.07 Å². The zero-order valence-electron chi connectivity index (χ0n) is 19.6. The molecular weight excluding hydrogens is 460 g/mol. The number of carbonyl (C=O) groups excluding carboxylic acids is 1. The molecule has 1 amide bonds. The van der Waals surface area contributed by atoms with Gasteiger partial charge in [0, 0.05) is 37.7 Å². The maximum atomic E-state index is 12.9. The molecule has 0 atom stereocenters. The predicted molar refractivity (Wildman–Crippen MR) is 139 cm³/mol. The average molecular weight is 487 g/mol. The predicted octanol–water partition coefficient (Wildman–Crippen LogP) is 1.77. The van der Waals surface area contributed by atoms with Crippen molar-refractivity contribution in [3.63, 3.8) is 0 Å². The SMILES string of the molecule is CCn1c(=O)/c(=C\Nc2cccc(CCN(C)c3ccccc3)c2)s/c1=C(/C#N)C(=O)NCC#N. The number of benzene rings is 2. The third-order valence-corrected chi connectivity index (χ3v) is 6.46. The van der Waals surface area contributed by atoms with Crippen molar-refractivity contribution in [2.75, 3.05) is 30.4 Å². The van der Waals surface area contributed by atoms with E-state index >= 15 is 0 Å². The van der Waals surface area contributed by atoms with E-state index in [1.54, 1.807) is 19.2 Å². The molecule has 0 radical (unpaired) electrons. The van der Waals surface area contributed by atoms with Crippen LogP contribution < -0.4 is 30.3 Å². The van der Waals surface area contributed by atoms with E-state index in [1.165, 1.54) is 4.57 Å². The van der Waals surface area contributed by atoms with E-state index in [1.807, 2.05) is 42.5 Å². The summed E-state index contributed by atoms with van der Waals surface area (Å²) in [6.45, 7) is 2.71. The van der Waals surface area contributed by atoms with Crippen molar-refractivity contribution in [2.24, 2.45) is 0 Å². The van der Waals surface area contributed by atoms with Crippen molar-refractivity contribution in [3.8, 4) is 12.1 Å². The van der Waals surface area contributed by atoms with Crippen LogP contribution in [0.1, 0.15) is 12.5 Å². The van der Waals surface area contributed by atoms with E-state index < -0.39 is 5.91 Å². The Morgan fingerprint density at radius 1 is 1.17 bits per heavy atom. The van der Waals surface area contributed by atoms with Crippen molar-refractivity contribution in [2.45, 2.75) is 19.9 Å². The van der Waals surface area contributed by atoms with Crippen molar-refractivity contribution in [1.82, 2.24) is 9.88 Å². The topological polar surface area (TPSA) is 114 Å². The Morgan fingerprint density at radius 2 is 1.94 bits per heavy atom. The zero-order chi connectivity index (χ0) is 25.2. The molecule has 2 N–H and O–H groups in total. The minimum absolute atomic E-state index is 0.187. The Bertz CT molecular complexity index is 1440. The first kappa shape index (κ1) is 25.3. The standard InChI is InChI=1S/C26H26N6O2S/c1-3-32-25(34)23(35-26(32)22(17-28)24(33)29-14-13-27)18-30-20-9-7-8-19(16-20)12-15-31(2)21-10-5-4-6-11-21/h4-11,16,18,30H,3,12,14-15H2,1-2H3,(H,29,33)/b23-18+,26-22-. The van der Waals surface area contributed by atoms with Gasteiger partial charge in [-0.1, -0.05) is 30.3 Å². The monoisotopic (exact) mass is 486 g/mol. The summed E-state index contributed by atoms with van der Waals surface area (Å²) in [7, 11) is 2.06. The highest BCUT2D eigenvalue weighted by Crippen LogP contribution is 2.14. The zero-order valence-corrected chi connectivity index (χ0v) is 20.4. The second-order valence-electron chi connectivity index (χ2n) is 7.64. The number of likely N-dealkylation sites (N-methyl/N-ethyl adjacent to an activating group) is 1. The van der Waals surface area contributed by atoms with E-state index in [9.17, 15) is 14.9 Å². The summed E-state index contributed by atoms with van der Waals surface area (Å²) in [6.07, 6.45) is 2.45. The summed E-state index contributed by atoms with van der Waals surface area (Å²) in [5.74, 6) is -0.676. The van der Waals surface area contributed by atoms with Crippen LogP contribution in [-0.2, 0) is 17.8 Å². The Balaban J connectivity index is 1.82. The van der Waals surface area contributed by atoms with Crippen LogP contribution in [0.15, 0.2) is 59.4 Å². The summed E-state index contributed by atoms with van der Waals surface area (Å²) in [6, 6.07) is 21.8. The fourth-order valence-electron chi connectivity index (χ4n) is 3.47. The molecular formula is C26H26N6O2S. The Morgan fingerprint density at radius 3 is 2.63 bits per heavy atom. The van der Waals surface area contributed by atoms with Crippen LogP contribution in [0, 0.1) is 22.7 Å². The van der Waals surface area contributed by atoms with Gasteiger partial charge in [-0.25, -0.2) is 0 Å². The number of para-hydroxylation sites is 1. The van der Waals surface area contributed by atoms with E-state index in [0.29, 0.717) is 11.1 Å². The van der Waals surface area contributed by atoms with E-state index in [-0.39, 0.29) is 22.3 Å². The number of hydrogen-bond acceptors (Lipinski definition) is 7. The third-order valence-electron chi connectivity index (χ3n) is 5.33. The first-order valence-corrected chi connectivity index (χ1v) is 11.9. The molecule has 0 aliphatic rings. The van der Waals surface area contributed by atoms with Crippen molar-refractivity contribution < 1.29 is 4.79 Å². The van der Waals surface area contributed by atoms with Crippen molar-refractivity contribution in [1.29, 1.82) is 10.5 Å². The summed E-state index contributed by atoms with van der Waals surface area (Å²) in [4.78, 5) is 27.3. The molecule has 0 aliphatic carbocycles. The molecule has 1 aromatic heterocycles. The van der Waals surface area contributed by atoms with Gasteiger partial charge in [0.25, 0.3) is 11.5 Å². The molecule has 0 aliphatic heterocycles. The maximum Gasteiger partial charge on any atom is 0.270 e. The molecule has 0 fully saturated rings. The smallest absolute Gasteiger partial charge is 0.270 e. The van der Waals surface area contributed by atoms with Crippen molar-refractivity contribution in [3.05, 3.63) is 79.7 Å². The first-order valence-electron chi connectivity index (χ1n) is 11.1. The summed E-state index contributed by atoms with van der Waals surface area (Å²) in [5.41, 5.74) is 2.66. The van der Waals surface area contributed by atoms with Crippen LogP contribution in [0.5, 0.6) is 0 Å². The molecule has 0 unspecified atom stereocenters. The molecule has 1 heterocycles. The Kier molecular flexibility index (Phi) is 8.82. The van der Waals surface area contributed by atoms with Crippen molar-refractivity contribution >= 4 is 40.4 Å². The van der Waals surface area contributed by atoms with Gasteiger partial charge in [0.1, 0.15) is 21.8 Å². The number of rotatable bonds is 9. The number of nitrogens with zero attached hydrogens (tertiary/aromatic N) is 4. The van der Waals surface area contributed by atoms with Gasteiger partial charge in [-0.2, -0.15) is 10.5 Å². The molecule has 0 saturated carbocycles. The van der Waals surface area contributed by atoms with Crippen LogP contribution in [0.25, 0.3) is 11.8 Å². The van der Waals surface area contributed by atoms with E-state index in [0.717, 1.165) is 41.2 Å². The van der Waals surface area contributed by atoms with Gasteiger partial charge in [-0.05, 0) is 43.2 Å². The molecule has 178 valence electrons. The highest BCUT2D eigenvalue weighted by Gasteiger charge is 2.14. The van der Waals surface area contributed by atoms with Gasteiger partial charge >= 0.3 is 0 Å². The lowest BCUT2D eigenvalue weighted by Gasteiger charge is -2.19. The number of aromatic nitrogens is 1. The van der Waals surface area contributed by atoms with Crippen LogP contribution in [0.4, 0.5) is 11.4 Å². The lowest BCUT2D eigenvalue weighted by atomic mass is 10.1. The number of thiazole rings is 1. The molecule has 9 heteroatoms. The second kappa shape index (κ2) is 12.2. The number of amides is 1. The largest absolute Gasteiger partial charge is 0.374 e. The normalized spacial score (nSPS) is 11.8. The van der Waals surface area contributed by atoms with Crippen LogP contribution in [0.2, 0.25) is 0 Å². The highest BCUT2D eigenvalue weighted by molar-refractivity contribution is 7.07. The number of anilines is 2. The Labute approximate surface area is 207 Å². The average Bonchev–Trinajstić information content (AvgIpc) is 3.20. The van der Waals surface area contributed by atoms with Gasteiger partial charge in [0.15, 0.2) is 5.57 Å².